The van der Waals surface area contributed by atoms with Crippen molar-refractivity contribution in [3.63, 3.8) is 0 Å². The average Bonchev–Trinajstić information content (AvgIpc) is 3.79. The fourth-order valence-corrected chi connectivity index (χ4v) is 8.87. The second kappa shape index (κ2) is 20.8. The third-order valence-electron chi connectivity index (χ3n) is 12.1. The summed E-state index contributed by atoms with van der Waals surface area (Å²) in [6.45, 7) is 5.68. The van der Waals surface area contributed by atoms with E-state index in [4.69, 9.17) is 18.9 Å². The number of imidazole rings is 1. The molecule has 3 amide bonds. The van der Waals surface area contributed by atoms with Crippen molar-refractivity contribution in [3.8, 4) is 0 Å². The molecule has 3 aliphatic rings. The second-order valence-corrected chi connectivity index (χ2v) is 16.3. The fourth-order valence-electron chi connectivity index (χ4n) is 8.87. The normalized spacial score (nSPS) is 19.9. The van der Waals surface area contributed by atoms with Gasteiger partial charge in [-0.15, -0.1) is 0 Å². The Labute approximate surface area is 357 Å². The topological polar surface area (TPSA) is 190 Å². The van der Waals surface area contributed by atoms with Crippen LogP contribution in [0.3, 0.4) is 0 Å². The van der Waals surface area contributed by atoms with E-state index < -0.39 is 29.5 Å². The first-order chi connectivity index (χ1) is 30.0. The van der Waals surface area contributed by atoms with E-state index in [1.54, 1.807) is 16.5 Å². The summed E-state index contributed by atoms with van der Waals surface area (Å²) >= 11 is 0. The molecule has 1 aromatic carbocycles. The Hall–Kier alpha value is -5.11. The van der Waals surface area contributed by atoms with Crippen LogP contribution in [0.4, 0.5) is 14.7 Å². The Kier molecular flexibility index (Phi) is 15.1. The van der Waals surface area contributed by atoms with Crippen LogP contribution in [0.2, 0.25) is 0 Å². The molecule has 2 aliphatic heterocycles. The van der Waals surface area contributed by atoms with Crippen molar-refractivity contribution >= 4 is 45.7 Å². The number of imide groups is 1. The van der Waals surface area contributed by atoms with E-state index in [2.05, 4.69) is 20.6 Å². The Morgan fingerprint density at radius 3 is 2.31 bits per heavy atom. The third-order valence-corrected chi connectivity index (χ3v) is 12.1. The summed E-state index contributed by atoms with van der Waals surface area (Å²) in [4.78, 5) is 74.0. The lowest BCUT2D eigenvalue weighted by Gasteiger charge is -2.32. The number of aromatic nitrogens is 5. The van der Waals surface area contributed by atoms with Crippen molar-refractivity contribution < 1.29 is 42.1 Å². The summed E-state index contributed by atoms with van der Waals surface area (Å²) in [7, 11) is 1.69. The standard InChI is InChI=1S/C43H56F2N8O9/c1-27-6-3-9-32(27)53-39-29(24-31(38(44)45)41(53)57)25-46-42(49-39)47-30-13-15-51(16-14-30)36(55)26-62-23-22-61-21-20-60-19-18-59-17-5-8-28-7-4-10-33-37(28)50(2)43(58)52(33)34-11-12-35(54)48-40(34)56/h4,7,10,24-25,27,30,32,34,38H,3,5-6,8-9,11-23,26H2,1-2H3,(H,46,47,49)(H,48,54,56)/t27-,32+,34?/m0/s1. The number of para-hydroxylation sites is 1. The summed E-state index contributed by atoms with van der Waals surface area (Å²) in [5.41, 5.74) is 1.25. The van der Waals surface area contributed by atoms with Crippen molar-refractivity contribution in [3.05, 3.63) is 62.4 Å². The van der Waals surface area contributed by atoms with Crippen molar-refractivity contribution in [2.24, 2.45) is 13.0 Å². The highest BCUT2D eigenvalue weighted by molar-refractivity contribution is 6.00. The maximum Gasteiger partial charge on any atom is 0.329 e. The lowest BCUT2D eigenvalue weighted by molar-refractivity contribution is -0.138. The van der Waals surface area contributed by atoms with Gasteiger partial charge in [0, 0.05) is 56.8 Å². The molecular weight excluding hydrogens is 811 g/mol. The molecule has 5 heterocycles. The summed E-state index contributed by atoms with van der Waals surface area (Å²) < 4.78 is 54.5. The molecule has 19 heteroatoms. The maximum atomic E-state index is 13.8. The number of fused-ring (bicyclic) bond motifs is 2. The number of alkyl halides is 2. The second-order valence-electron chi connectivity index (χ2n) is 16.3. The SMILES string of the molecule is C[C@H]1CCC[C@H]1n1c(=O)c(C(F)F)cc2cnc(NC3CCN(C(=O)COCCOCCOCCOCCCc4cccc5c4n(C)c(=O)n5C4CCC(=O)NC4=O)CC3)nc21. The van der Waals surface area contributed by atoms with Crippen LogP contribution in [0.25, 0.3) is 22.1 Å². The van der Waals surface area contributed by atoms with Gasteiger partial charge in [-0.3, -0.25) is 38.2 Å². The molecule has 1 aliphatic carbocycles. The third kappa shape index (κ3) is 10.4. The van der Waals surface area contributed by atoms with Gasteiger partial charge >= 0.3 is 5.69 Å². The molecule has 2 N–H and O–H groups in total. The Balaban J connectivity index is 0.732. The lowest BCUT2D eigenvalue weighted by atomic mass is 10.0. The Bertz CT molecular complexity index is 2340. The van der Waals surface area contributed by atoms with Crippen LogP contribution in [0.5, 0.6) is 0 Å². The van der Waals surface area contributed by atoms with E-state index in [9.17, 15) is 32.8 Å². The zero-order valence-electron chi connectivity index (χ0n) is 35.3. The molecule has 336 valence electrons. The van der Waals surface area contributed by atoms with E-state index in [1.807, 2.05) is 25.1 Å². The molecule has 4 aromatic rings. The first-order valence-corrected chi connectivity index (χ1v) is 21.6. The number of halogens is 2. The van der Waals surface area contributed by atoms with Crippen LogP contribution >= 0.6 is 0 Å². The number of hydrogen-bond donors (Lipinski definition) is 2. The molecule has 3 aromatic heterocycles. The Morgan fingerprint density at radius 1 is 0.919 bits per heavy atom. The monoisotopic (exact) mass is 866 g/mol. The number of carbonyl (C=O) groups excluding carboxylic acids is 3. The van der Waals surface area contributed by atoms with Gasteiger partial charge in [-0.05, 0) is 68.6 Å². The van der Waals surface area contributed by atoms with Gasteiger partial charge in [-0.1, -0.05) is 25.5 Å². The first kappa shape index (κ1) is 44.9. The van der Waals surface area contributed by atoms with Gasteiger partial charge in [0.1, 0.15) is 18.3 Å². The summed E-state index contributed by atoms with van der Waals surface area (Å²) in [5.74, 6) is -0.395. The smallest absolute Gasteiger partial charge is 0.329 e. The molecule has 1 saturated carbocycles. The van der Waals surface area contributed by atoms with E-state index in [-0.39, 0.29) is 61.6 Å². The number of carbonyl (C=O) groups is 3. The number of pyridine rings is 1. The summed E-state index contributed by atoms with van der Waals surface area (Å²) in [5, 5.41) is 6.07. The van der Waals surface area contributed by atoms with Crippen LogP contribution in [-0.4, -0.2) is 118 Å². The van der Waals surface area contributed by atoms with Crippen molar-refractivity contribution in [1.82, 2.24) is 33.9 Å². The fraction of sp³-hybridized carbons (Fsp3) is 0.605. The number of aryl methyl sites for hydroxylation is 2. The predicted octanol–water partition coefficient (Wildman–Crippen LogP) is 3.82. The number of hydrogen-bond acceptors (Lipinski definition) is 12. The lowest BCUT2D eigenvalue weighted by Crippen LogP contribution is -2.44. The molecule has 0 radical (unpaired) electrons. The van der Waals surface area contributed by atoms with E-state index in [1.165, 1.54) is 21.4 Å². The average molecular weight is 867 g/mol. The maximum absolute atomic E-state index is 13.8. The van der Waals surface area contributed by atoms with E-state index in [0.717, 1.165) is 36.8 Å². The Morgan fingerprint density at radius 2 is 1.63 bits per heavy atom. The molecular formula is C43H56F2N8O9. The van der Waals surface area contributed by atoms with Gasteiger partial charge in [0.05, 0.1) is 56.2 Å². The number of likely N-dealkylation sites (tertiary alicyclic amines) is 1. The number of nitrogens with zero attached hydrogens (tertiary/aromatic N) is 6. The number of amides is 3. The van der Waals surface area contributed by atoms with Crippen molar-refractivity contribution in [2.75, 3.05) is 71.3 Å². The number of nitrogens with one attached hydrogen (secondary N) is 2. The number of ether oxygens (including phenoxy) is 4. The van der Waals surface area contributed by atoms with Gasteiger partial charge in [0.15, 0.2) is 0 Å². The predicted molar refractivity (Wildman–Crippen MR) is 224 cm³/mol. The molecule has 7 rings (SSSR count). The highest BCUT2D eigenvalue weighted by Crippen LogP contribution is 2.36. The number of benzene rings is 1. The number of piperidine rings is 2. The van der Waals surface area contributed by atoms with Crippen LogP contribution in [-0.2, 0) is 46.8 Å². The van der Waals surface area contributed by atoms with Gasteiger partial charge < -0.3 is 29.2 Å². The quantitative estimate of drug-likeness (QED) is 0.0967. The molecule has 3 atom stereocenters. The minimum absolute atomic E-state index is 0.00847. The van der Waals surface area contributed by atoms with Gasteiger partial charge in [0.25, 0.3) is 12.0 Å². The van der Waals surface area contributed by atoms with Crippen LogP contribution in [0, 0.1) is 5.92 Å². The van der Waals surface area contributed by atoms with Gasteiger partial charge in [-0.2, -0.15) is 4.98 Å². The zero-order valence-corrected chi connectivity index (χ0v) is 35.3. The minimum atomic E-state index is -2.89. The number of rotatable bonds is 20. The van der Waals surface area contributed by atoms with Crippen molar-refractivity contribution in [2.45, 2.75) is 89.3 Å². The molecule has 17 nitrogen and oxygen atoms in total. The number of anilines is 1. The molecule has 0 bridgehead atoms. The van der Waals surface area contributed by atoms with Crippen LogP contribution in [0.1, 0.15) is 87.9 Å². The highest BCUT2D eigenvalue weighted by atomic mass is 19.3. The molecule has 0 spiro atoms. The molecule has 2 saturated heterocycles. The van der Waals surface area contributed by atoms with E-state index in [0.29, 0.717) is 94.5 Å². The van der Waals surface area contributed by atoms with E-state index >= 15 is 0 Å². The minimum Gasteiger partial charge on any atom is -0.379 e. The van der Waals surface area contributed by atoms with Gasteiger partial charge in [-0.25, -0.2) is 18.6 Å². The van der Waals surface area contributed by atoms with Crippen LogP contribution in [0.15, 0.2) is 40.1 Å². The van der Waals surface area contributed by atoms with Gasteiger partial charge in [0.2, 0.25) is 23.7 Å². The van der Waals surface area contributed by atoms with Crippen molar-refractivity contribution in [1.29, 1.82) is 0 Å². The molecule has 3 fully saturated rings. The highest BCUT2D eigenvalue weighted by Gasteiger charge is 2.33. The molecule has 62 heavy (non-hydrogen) atoms. The molecule has 1 unspecified atom stereocenters. The summed E-state index contributed by atoms with van der Waals surface area (Å²) in [6, 6.07) is 5.93. The zero-order chi connectivity index (χ0) is 43.8. The van der Waals surface area contributed by atoms with Crippen LogP contribution < -0.4 is 21.9 Å². The summed E-state index contributed by atoms with van der Waals surface area (Å²) in [6.07, 6.45) is 4.37. The largest absolute Gasteiger partial charge is 0.379 e. The first-order valence-electron chi connectivity index (χ1n) is 21.6.